The van der Waals surface area contributed by atoms with Gasteiger partial charge in [-0.3, -0.25) is 10.3 Å². The first-order valence-electron chi connectivity index (χ1n) is 12.5. The molecule has 0 saturated heterocycles. The van der Waals surface area contributed by atoms with Crippen LogP contribution in [-0.2, 0) is 17.7 Å². The lowest BCUT2D eigenvalue weighted by molar-refractivity contribution is 0.0635. The third-order valence-corrected chi connectivity index (χ3v) is 5.79. The Kier molecular flexibility index (Phi) is 8.24. The van der Waals surface area contributed by atoms with Gasteiger partial charge in [-0.2, -0.15) is 4.98 Å². The van der Waals surface area contributed by atoms with E-state index in [1.807, 2.05) is 36.4 Å². The smallest absolute Gasteiger partial charge is 0.412 e. The van der Waals surface area contributed by atoms with E-state index in [1.165, 1.54) is 4.90 Å². The van der Waals surface area contributed by atoms with Crippen LogP contribution in [0.25, 0.3) is 10.9 Å². The molecule has 10 nitrogen and oxygen atoms in total. The summed E-state index contributed by atoms with van der Waals surface area (Å²) in [7, 11) is 0. The van der Waals surface area contributed by atoms with Crippen molar-refractivity contribution in [2.75, 3.05) is 16.8 Å². The van der Waals surface area contributed by atoms with Crippen molar-refractivity contribution >= 4 is 34.7 Å². The number of anilines is 2. The van der Waals surface area contributed by atoms with E-state index in [9.17, 15) is 14.4 Å². The highest BCUT2D eigenvalue weighted by Crippen LogP contribution is 2.25. The third kappa shape index (κ3) is 7.19. The maximum absolute atomic E-state index is 13.3. The molecular weight excluding hydrogens is 498 g/mol. The number of ether oxygens (including phenoxy) is 1. The Hall–Kier alpha value is -4.73. The van der Waals surface area contributed by atoms with Crippen LogP contribution in [-0.4, -0.2) is 34.2 Å². The highest BCUT2D eigenvalue weighted by Gasteiger charge is 2.23. The Balaban J connectivity index is 1.63. The molecule has 0 aliphatic heterocycles. The Morgan fingerprint density at radius 1 is 1.03 bits per heavy atom. The number of aromatic nitrogens is 2. The summed E-state index contributed by atoms with van der Waals surface area (Å²) in [5.74, 6) is 0. The predicted octanol–water partition coefficient (Wildman–Crippen LogP) is 5.20. The fourth-order valence-corrected chi connectivity index (χ4v) is 3.92. The molecule has 0 saturated carbocycles. The molecule has 0 fully saturated rings. The largest absolute Gasteiger partial charge is 0.444 e. The van der Waals surface area contributed by atoms with Gasteiger partial charge in [0.1, 0.15) is 5.60 Å². The number of urea groups is 1. The highest BCUT2D eigenvalue weighted by molar-refractivity contribution is 5.94. The minimum atomic E-state index is -0.676. The van der Waals surface area contributed by atoms with Crippen LogP contribution in [0.15, 0.2) is 76.2 Å². The van der Waals surface area contributed by atoms with E-state index < -0.39 is 23.4 Å². The molecule has 4 rings (SSSR count). The first-order chi connectivity index (χ1) is 18.6. The van der Waals surface area contributed by atoms with Gasteiger partial charge in [-0.05, 0) is 69.0 Å². The number of nitrogens with one attached hydrogen (secondary N) is 2. The summed E-state index contributed by atoms with van der Waals surface area (Å²) in [6.45, 7) is 7.43. The van der Waals surface area contributed by atoms with Gasteiger partial charge in [-0.1, -0.05) is 36.4 Å². The highest BCUT2D eigenvalue weighted by atomic mass is 16.6. The van der Waals surface area contributed by atoms with Crippen LogP contribution in [0.2, 0.25) is 0 Å². The van der Waals surface area contributed by atoms with Crippen molar-refractivity contribution in [3.63, 3.8) is 0 Å². The van der Waals surface area contributed by atoms with Crippen LogP contribution in [0.5, 0.6) is 0 Å². The molecule has 0 radical (unpaired) electrons. The average molecular weight is 530 g/mol. The van der Waals surface area contributed by atoms with Crippen LogP contribution in [0.4, 0.5) is 21.3 Å². The second-order valence-corrected chi connectivity index (χ2v) is 9.95. The average Bonchev–Trinajstić information content (AvgIpc) is 2.89. The second kappa shape index (κ2) is 11.8. The van der Waals surface area contributed by atoms with Crippen LogP contribution >= 0.6 is 0 Å². The standard InChI is InChI=1S/C29H31N5O5/c1-19-22(33-28(37)39-29(2,3)4)12-13-23-24(19)25(35)38-27(32-23)34(16-14-20-9-6-5-7-10-20)26(36)31-18-21-11-8-15-30-17-21/h5-13,15,17H,14,16,18H2,1-4H3,(H,31,36)(H,33,37). The first kappa shape index (κ1) is 27.3. The topological polar surface area (TPSA) is 127 Å². The normalized spacial score (nSPS) is 11.2. The minimum Gasteiger partial charge on any atom is -0.444 e. The van der Waals surface area contributed by atoms with E-state index in [0.717, 1.165) is 11.1 Å². The Labute approximate surface area is 226 Å². The van der Waals surface area contributed by atoms with E-state index in [-0.39, 0.29) is 24.5 Å². The van der Waals surface area contributed by atoms with Crippen molar-refractivity contribution in [1.82, 2.24) is 15.3 Å². The summed E-state index contributed by atoms with van der Waals surface area (Å²) in [6.07, 6.45) is 3.19. The molecule has 39 heavy (non-hydrogen) atoms. The van der Waals surface area contributed by atoms with Gasteiger partial charge >= 0.3 is 23.8 Å². The molecule has 2 aromatic carbocycles. The zero-order chi connectivity index (χ0) is 28.0. The molecule has 0 atom stereocenters. The number of nitrogens with zero attached hydrogens (tertiary/aromatic N) is 3. The molecule has 0 aliphatic rings. The van der Waals surface area contributed by atoms with Crippen LogP contribution in [0.3, 0.4) is 0 Å². The lowest BCUT2D eigenvalue weighted by atomic mass is 10.1. The molecule has 2 N–H and O–H groups in total. The molecule has 0 unspecified atom stereocenters. The fraction of sp³-hybridized carbons (Fsp3) is 0.276. The predicted molar refractivity (Wildman–Crippen MR) is 149 cm³/mol. The molecule has 0 aliphatic carbocycles. The number of hydrogen-bond donors (Lipinski definition) is 2. The molecular formula is C29H31N5O5. The summed E-state index contributed by atoms with van der Waals surface area (Å²) >= 11 is 0. The van der Waals surface area contributed by atoms with Gasteiger partial charge in [0.25, 0.3) is 0 Å². The Bertz CT molecular complexity index is 1510. The number of carbonyl (C=O) groups is 2. The summed E-state index contributed by atoms with van der Waals surface area (Å²) in [6, 6.07) is 15.9. The zero-order valence-corrected chi connectivity index (χ0v) is 22.4. The number of carbonyl (C=O) groups excluding carboxylic acids is 2. The SMILES string of the molecule is Cc1c(NC(=O)OC(C)(C)C)ccc2nc(N(CCc3ccccc3)C(=O)NCc3cccnc3)oc(=O)c12. The maximum atomic E-state index is 13.3. The summed E-state index contributed by atoms with van der Waals surface area (Å²) in [4.78, 5) is 48.6. The molecule has 0 bridgehead atoms. The van der Waals surface area contributed by atoms with Gasteiger partial charge in [0.05, 0.1) is 10.9 Å². The third-order valence-electron chi connectivity index (χ3n) is 5.79. The molecule has 10 heteroatoms. The van der Waals surface area contributed by atoms with Crippen molar-refractivity contribution < 1.29 is 18.7 Å². The molecule has 202 valence electrons. The number of benzene rings is 2. The maximum Gasteiger partial charge on any atom is 0.412 e. The minimum absolute atomic E-state index is 0.126. The molecule has 2 aromatic heterocycles. The van der Waals surface area contributed by atoms with E-state index in [2.05, 4.69) is 20.6 Å². The van der Waals surface area contributed by atoms with Gasteiger partial charge in [-0.15, -0.1) is 0 Å². The number of amides is 3. The van der Waals surface area contributed by atoms with Gasteiger partial charge in [0, 0.05) is 31.2 Å². The van der Waals surface area contributed by atoms with Gasteiger partial charge in [0.15, 0.2) is 0 Å². The number of aryl methyl sites for hydroxylation is 1. The Morgan fingerprint density at radius 3 is 2.46 bits per heavy atom. The lowest BCUT2D eigenvalue weighted by Gasteiger charge is -2.21. The van der Waals surface area contributed by atoms with E-state index in [1.54, 1.807) is 58.3 Å². The van der Waals surface area contributed by atoms with Crippen LogP contribution in [0, 0.1) is 6.92 Å². The van der Waals surface area contributed by atoms with Gasteiger partial charge in [0.2, 0.25) is 0 Å². The van der Waals surface area contributed by atoms with E-state index in [4.69, 9.17) is 9.15 Å². The fourth-order valence-electron chi connectivity index (χ4n) is 3.92. The van der Waals surface area contributed by atoms with Gasteiger partial charge < -0.3 is 14.5 Å². The molecule has 2 heterocycles. The number of hydrogen-bond acceptors (Lipinski definition) is 7. The molecule has 3 amide bonds. The van der Waals surface area contributed by atoms with Crippen molar-refractivity contribution in [1.29, 1.82) is 0 Å². The first-order valence-corrected chi connectivity index (χ1v) is 12.5. The number of fused-ring (bicyclic) bond motifs is 1. The van der Waals surface area contributed by atoms with Gasteiger partial charge in [-0.25, -0.2) is 19.3 Å². The molecule has 4 aromatic rings. The summed E-state index contributed by atoms with van der Waals surface area (Å²) in [5, 5.41) is 5.71. The lowest BCUT2D eigenvalue weighted by Crippen LogP contribution is -2.42. The molecule has 0 spiro atoms. The van der Waals surface area contributed by atoms with Crippen LogP contribution < -0.4 is 21.2 Å². The summed E-state index contributed by atoms with van der Waals surface area (Å²) < 4.78 is 10.9. The van der Waals surface area contributed by atoms with E-state index >= 15 is 0 Å². The van der Waals surface area contributed by atoms with Crippen molar-refractivity contribution in [2.45, 2.75) is 46.3 Å². The van der Waals surface area contributed by atoms with E-state index in [0.29, 0.717) is 23.2 Å². The zero-order valence-electron chi connectivity index (χ0n) is 22.4. The number of pyridine rings is 1. The second-order valence-electron chi connectivity index (χ2n) is 9.95. The number of rotatable bonds is 7. The Morgan fingerprint density at radius 2 is 1.77 bits per heavy atom. The van der Waals surface area contributed by atoms with Crippen molar-refractivity contribution in [3.05, 3.63) is 94.1 Å². The quantitative estimate of drug-likeness (QED) is 0.337. The summed E-state index contributed by atoms with van der Waals surface area (Å²) in [5.41, 5.74) is 1.69. The van der Waals surface area contributed by atoms with Crippen LogP contribution in [0.1, 0.15) is 37.5 Å². The monoisotopic (exact) mass is 529 g/mol. The van der Waals surface area contributed by atoms with Crippen molar-refractivity contribution in [3.8, 4) is 0 Å². The van der Waals surface area contributed by atoms with Crippen molar-refractivity contribution in [2.24, 2.45) is 0 Å².